The van der Waals surface area contributed by atoms with Crippen LogP contribution in [0.1, 0.15) is 11.1 Å². The largest absolute Gasteiger partial charge is 0.417 e. The van der Waals surface area contributed by atoms with Crippen LogP contribution in [0.25, 0.3) is 6.08 Å². The number of benzene rings is 1. The molecule has 0 fully saturated rings. The summed E-state index contributed by atoms with van der Waals surface area (Å²) in [5.41, 5.74) is 4.30. The van der Waals surface area contributed by atoms with Crippen molar-refractivity contribution in [3.8, 4) is 0 Å². The quantitative estimate of drug-likeness (QED) is 0.805. The molecule has 16 heavy (non-hydrogen) atoms. The first-order valence-corrected chi connectivity index (χ1v) is 4.53. The van der Waals surface area contributed by atoms with E-state index in [0.29, 0.717) is 5.56 Å². The Morgan fingerprint density at radius 1 is 1.38 bits per heavy atom. The number of nitrogens with two attached hydrogens (primary N) is 1. The van der Waals surface area contributed by atoms with Crippen LogP contribution in [0.5, 0.6) is 0 Å². The maximum Gasteiger partial charge on any atom is 0.417 e. The lowest BCUT2D eigenvalue weighted by Crippen LogP contribution is -2.06. The van der Waals surface area contributed by atoms with Crippen LogP contribution in [-0.4, -0.2) is 5.91 Å². The lowest BCUT2D eigenvalue weighted by Gasteiger charge is -2.08. The molecule has 0 aliphatic rings. The van der Waals surface area contributed by atoms with Gasteiger partial charge < -0.3 is 5.73 Å². The molecule has 1 amide bonds. The van der Waals surface area contributed by atoms with Gasteiger partial charge in [-0.25, -0.2) is 0 Å². The molecule has 0 heterocycles. The van der Waals surface area contributed by atoms with Crippen LogP contribution in [-0.2, 0) is 11.0 Å². The summed E-state index contributed by atoms with van der Waals surface area (Å²) >= 11 is 5.46. The second kappa shape index (κ2) is 4.57. The van der Waals surface area contributed by atoms with Gasteiger partial charge in [-0.3, -0.25) is 4.79 Å². The fourth-order valence-electron chi connectivity index (χ4n) is 1.04. The van der Waals surface area contributed by atoms with E-state index in [1.165, 1.54) is 12.1 Å². The summed E-state index contributed by atoms with van der Waals surface area (Å²) in [4.78, 5) is 10.4. The van der Waals surface area contributed by atoms with E-state index in [2.05, 4.69) is 0 Å². The fourth-order valence-corrected chi connectivity index (χ4v) is 1.34. The van der Waals surface area contributed by atoms with Crippen LogP contribution < -0.4 is 5.73 Å². The van der Waals surface area contributed by atoms with Gasteiger partial charge in [0.05, 0.1) is 10.6 Å². The van der Waals surface area contributed by atoms with Crippen molar-refractivity contribution in [1.82, 2.24) is 0 Å². The minimum atomic E-state index is -4.48. The molecule has 0 atom stereocenters. The Morgan fingerprint density at radius 2 is 2.00 bits per heavy atom. The van der Waals surface area contributed by atoms with Crippen LogP contribution in [0.2, 0.25) is 5.02 Å². The van der Waals surface area contributed by atoms with E-state index in [1.54, 1.807) is 0 Å². The highest BCUT2D eigenvalue weighted by molar-refractivity contribution is 6.31. The summed E-state index contributed by atoms with van der Waals surface area (Å²) in [6.07, 6.45) is -2.16. The second-order valence-corrected chi connectivity index (χ2v) is 3.38. The van der Waals surface area contributed by atoms with Gasteiger partial charge in [-0.1, -0.05) is 17.7 Å². The molecule has 0 radical (unpaired) electrons. The third kappa shape index (κ3) is 3.27. The minimum Gasteiger partial charge on any atom is -0.366 e. The average Bonchev–Trinajstić information content (AvgIpc) is 2.12. The summed E-state index contributed by atoms with van der Waals surface area (Å²) in [6, 6.07) is 3.17. The minimum absolute atomic E-state index is 0.372. The van der Waals surface area contributed by atoms with Gasteiger partial charge in [-0.05, 0) is 23.8 Å². The number of rotatable bonds is 2. The molecule has 0 aliphatic carbocycles. The normalized spacial score (nSPS) is 12.0. The van der Waals surface area contributed by atoms with E-state index in [4.69, 9.17) is 17.3 Å². The first-order valence-electron chi connectivity index (χ1n) is 4.15. The molecule has 2 nitrogen and oxygen atoms in total. The molecule has 2 N–H and O–H groups in total. The molecule has 0 spiro atoms. The molecule has 0 saturated carbocycles. The molecule has 6 heteroatoms. The van der Waals surface area contributed by atoms with Crippen molar-refractivity contribution in [3.05, 3.63) is 40.4 Å². The Balaban J connectivity index is 3.05. The van der Waals surface area contributed by atoms with Crippen LogP contribution in [0.4, 0.5) is 13.2 Å². The number of alkyl halides is 3. The lowest BCUT2D eigenvalue weighted by atomic mass is 10.1. The van der Waals surface area contributed by atoms with Gasteiger partial charge in [0.1, 0.15) is 0 Å². The number of amides is 1. The predicted octanol–water partition coefficient (Wildman–Crippen LogP) is 2.86. The molecule has 1 aromatic rings. The van der Waals surface area contributed by atoms with Crippen molar-refractivity contribution < 1.29 is 18.0 Å². The van der Waals surface area contributed by atoms with Gasteiger partial charge in [-0.15, -0.1) is 0 Å². The zero-order valence-electron chi connectivity index (χ0n) is 7.88. The number of hydrogen-bond acceptors (Lipinski definition) is 1. The first kappa shape index (κ1) is 12.6. The lowest BCUT2D eigenvalue weighted by molar-refractivity contribution is -0.137. The molecule has 0 aliphatic heterocycles. The number of hydrogen-bond donors (Lipinski definition) is 1. The third-order valence-electron chi connectivity index (χ3n) is 1.74. The van der Waals surface area contributed by atoms with E-state index >= 15 is 0 Å². The Kier molecular flexibility index (Phi) is 3.59. The molecular weight excluding hydrogens is 243 g/mol. The van der Waals surface area contributed by atoms with Gasteiger partial charge >= 0.3 is 6.18 Å². The van der Waals surface area contributed by atoms with E-state index < -0.39 is 22.7 Å². The summed E-state index contributed by atoms with van der Waals surface area (Å²) in [5.74, 6) is -0.684. The van der Waals surface area contributed by atoms with Crippen molar-refractivity contribution >= 4 is 23.6 Å². The molecule has 86 valence electrons. The Morgan fingerprint density at radius 3 is 2.44 bits per heavy atom. The molecule has 0 saturated heterocycles. The second-order valence-electron chi connectivity index (χ2n) is 2.97. The summed E-state index contributed by atoms with van der Waals surface area (Å²) < 4.78 is 37.0. The topological polar surface area (TPSA) is 43.1 Å². The summed E-state index contributed by atoms with van der Waals surface area (Å²) in [7, 11) is 0. The summed E-state index contributed by atoms with van der Waals surface area (Å²) in [6.45, 7) is 0. The zero-order chi connectivity index (χ0) is 12.3. The monoisotopic (exact) mass is 249 g/mol. The Hall–Kier alpha value is -1.49. The van der Waals surface area contributed by atoms with E-state index in [9.17, 15) is 18.0 Å². The maximum atomic E-state index is 12.3. The number of primary amides is 1. The van der Waals surface area contributed by atoms with Gasteiger partial charge in [0.25, 0.3) is 0 Å². The van der Waals surface area contributed by atoms with Crippen molar-refractivity contribution in [2.24, 2.45) is 5.73 Å². The first-order chi connectivity index (χ1) is 7.30. The summed E-state index contributed by atoms with van der Waals surface area (Å²) in [5, 5.41) is -0.417. The number of carbonyl (C=O) groups excluding carboxylic acids is 1. The van der Waals surface area contributed by atoms with E-state index in [0.717, 1.165) is 18.2 Å². The highest BCUT2D eigenvalue weighted by Crippen LogP contribution is 2.35. The Bertz CT molecular complexity index is 440. The van der Waals surface area contributed by atoms with Crippen molar-refractivity contribution in [1.29, 1.82) is 0 Å². The van der Waals surface area contributed by atoms with Gasteiger partial charge in [-0.2, -0.15) is 13.2 Å². The Labute approximate surface area is 94.5 Å². The van der Waals surface area contributed by atoms with E-state index in [-0.39, 0.29) is 0 Å². The van der Waals surface area contributed by atoms with Gasteiger partial charge in [0.2, 0.25) is 5.91 Å². The van der Waals surface area contributed by atoms with Crippen LogP contribution in [0, 0.1) is 0 Å². The molecule has 0 bridgehead atoms. The van der Waals surface area contributed by atoms with E-state index in [1.807, 2.05) is 0 Å². The standard InChI is InChI=1S/C10H7ClF3NO/c11-8-5-6(2-4-9(15)16)1-3-7(8)10(12,13)14/h1-5H,(H2,15,16). The molecule has 1 aromatic carbocycles. The average molecular weight is 250 g/mol. The molecule has 0 aromatic heterocycles. The third-order valence-corrected chi connectivity index (χ3v) is 2.05. The van der Waals surface area contributed by atoms with Gasteiger partial charge in [0.15, 0.2) is 0 Å². The van der Waals surface area contributed by atoms with Crippen molar-refractivity contribution in [2.75, 3.05) is 0 Å². The highest BCUT2D eigenvalue weighted by Gasteiger charge is 2.32. The number of halogens is 4. The van der Waals surface area contributed by atoms with Gasteiger partial charge in [0, 0.05) is 6.08 Å². The maximum absolute atomic E-state index is 12.3. The van der Waals surface area contributed by atoms with Crippen LogP contribution in [0.3, 0.4) is 0 Å². The van der Waals surface area contributed by atoms with Crippen LogP contribution in [0.15, 0.2) is 24.3 Å². The van der Waals surface area contributed by atoms with Crippen molar-refractivity contribution in [2.45, 2.75) is 6.18 Å². The van der Waals surface area contributed by atoms with Crippen LogP contribution >= 0.6 is 11.6 Å². The SMILES string of the molecule is NC(=O)C=Cc1ccc(C(F)(F)F)c(Cl)c1. The number of carbonyl (C=O) groups is 1. The highest BCUT2D eigenvalue weighted by atomic mass is 35.5. The molecular formula is C10H7ClF3NO. The van der Waals surface area contributed by atoms with Crippen molar-refractivity contribution in [3.63, 3.8) is 0 Å². The molecule has 0 unspecified atom stereocenters. The fraction of sp³-hybridized carbons (Fsp3) is 0.100. The smallest absolute Gasteiger partial charge is 0.366 e. The molecule has 1 rings (SSSR count). The predicted molar refractivity (Wildman–Crippen MR) is 54.7 cm³/mol. The zero-order valence-corrected chi connectivity index (χ0v) is 8.64.